The van der Waals surface area contributed by atoms with Crippen LogP contribution in [0.15, 0.2) is 36.7 Å². The number of rotatable bonds is 7. The van der Waals surface area contributed by atoms with Gasteiger partial charge < -0.3 is 5.32 Å². The molecule has 2 heterocycles. The molecule has 0 radical (unpaired) electrons. The van der Waals surface area contributed by atoms with Gasteiger partial charge in [-0.25, -0.2) is 9.67 Å². The van der Waals surface area contributed by atoms with Gasteiger partial charge >= 0.3 is 0 Å². The van der Waals surface area contributed by atoms with Crippen molar-refractivity contribution in [2.75, 3.05) is 6.54 Å². The van der Waals surface area contributed by atoms with Crippen LogP contribution >= 0.6 is 0 Å². The van der Waals surface area contributed by atoms with E-state index in [1.807, 2.05) is 44.6 Å². The minimum Gasteiger partial charge on any atom is -0.349 e. The van der Waals surface area contributed by atoms with Gasteiger partial charge in [-0.2, -0.15) is 5.10 Å². The Hall–Kier alpha value is -2.96. The van der Waals surface area contributed by atoms with Gasteiger partial charge in [0.05, 0.1) is 11.9 Å². The summed E-state index contributed by atoms with van der Waals surface area (Å²) < 4.78 is 3.53. The number of aryl methyl sites for hydroxylation is 3. The topological polar surface area (TPSA) is 77.6 Å². The Balaban J connectivity index is 1.64. The Bertz CT molecular complexity index is 924. The fourth-order valence-electron chi connectivity index (χ4n) is 3.06. The molecule has 0 atom stereocenters. The van der Waals surface area contributed by atoms with Gasteiger partial charge in [0.2, 0.25) is 5.82 Å². The lowest BCUT2D eigenvalue weighted by molar-refractivity contribution is 0.0943. The van der Waals surface area contributed by atoms with Crippen molar-refractivity contribution in [3.8, 4) is 5.69 Å². The third-order valence-electron chi connectivity index (χ3n) is 4.45. The zero-order chi connectivity index (χ0) is 19.4. The van der Waals surface area contributed by atoms with Gasteiger partial charge in [-0.15, -0.1) is 5.10 Å². The number of nitrogens with zero attached hydrogens (tertiary/aromatic N) is 5. The molecule has 0 aliphatic heterocycles. The normalized spacial score (nSPS) is 11.1. The predicted molar refractivity (Wildman–Crippen MR) is 104 cm³/mol. The minimum atomic E-state index is -0.245. The second-order valence-corrected chi connectivity index (χ2v) is 6.99. The SMILES string of the molecule is Cc1nc(C(=O)NCCCc2cnn(C)c2)nn1-c1ccccc1C(C)C. The molecule has 1 amide bonds. The van der Waals surface area contributed by atoms with E-state index in [0.29, 0.717) is 18.3 Å². The quantitative estimate of drug-likeness (QED) is 0.652. The van der Waals surface area contributed by atoms with Crippen LogP contribution in [0, 0.1) is 6.92 Å². The van der Waals surface area contributed by atoms with Gasteiger partial charge in [-0.1, -0.05) is 32.0 Å². The Morgan fingerprint density at radius 3 is 2.74 bits per heavy atom. The highest BCUT2D eigenvalue weighted by molar-refractivity contribution is 5.90. The van der Waals surface area contributed by atoms with E-state index in [1.165, 1.54) is 5.56 Å². The third kappa shape index (κ3) is 4.42. The molecule has 0 fully saturated rings. The van der Waals surface area contributed by atoms with Crippen LogP contribution < -0.4 is 5.32 Å². The molecule has 0 unspecified atom stereocenters. The molecular formula is C20H26N6O. The molecule has 0 aliphatic carbocycles. The molecule has 3 rings (SSSR count). The Labute approximate surface area is 159 Å². The van der Waals surface area contributed by atoms with Crippen molar-refractivity contribution >= 4 is 5.91 Å². The molecule has 3 aromatic rings. The van der Waals surface area contributed by atoms with E-state index in [0.717, 1.165) is 24.1 Å². The molecule has 0 bridgehead atoms. The second kappa shape index (κ2) is 8.16. The van der Waals surface area contributed by atoms with E-state index < -0.39 is 0 Å². The largest absolute Gasteiger partial charge is 0.349 e. The number of benzene rings is 1. The summed E-state index contributed by atoms with van der Waals surface area (Å²) in [6.07, 6.45) is 5.55. The number of amides is 1. The van der Waals surface area contributed by atoms with E-state index in [9.17, 15) is 4.79 Å². The predicted octanol–water partition coefficient (Wildman–Crippen LogP) is 2.80. The standard InChI is InChI=1S/C20H26N6O/c1-14(2)17-9-5-6-10-18(17)26-15(3)23-19(24-26)20(27)21-11-7-8-16-12-22-25(4)13-16/h5-6,9-10,12-14H,7-8,11H2,1-4H3,(H,21,27). The molecule has 2 aromatic heterocycles. The highest BCUT2D eigenvalue weighted by atomic mass is 16.2. The molecule has 7 nitrogen and oxygen atoms in total. The highest BCUT2D eigenvalue weighted by Crippen LogP contribution is 2.23. The van der Waals surface area contributed by atoms with Gasteiger partial charge in [0.15, 0.2) is 0 Å². The third-order valence-corrected chi connectivity index (χ3v) is 4.45. The maximum atomic E-state index is 12.4. The molecule has 0 saturated carbocycles. The molecule has 7 heteroatoms. The zero-order valence-electron chi connectivity index (χ0n) is 16.3. The van der Waals surface area contributed by atoms with Crippen LogP contribution in [-0.2, 0) is 13.5 Å². The first kappa shape index (κ1) is 18.8. The monoisotopic (exact) mass is 366 g/mol. The van der Waals surface area contributed by atoms with Crippen LogP contribution in [0.4, 0.5) is 0 Å². The van der Waals surface area contributed by atoms with E-state index in [2.05, 4.69) is 40.4 Å². The lowest BCUT2D eigenvalue weighted by Gasteiger charge is -2.12. The van der Waals surface area contributed by atoms with Crippen LogP contribution in [0.3, 0.4) is 0 Å². The Kier molecular flexibility index (Phi) is 5.69. The van der Waals surface area contributed by atoms with Crippen molar-refractivity contribution in [2.45, 2.75) is 39.5 Å². The summed E-state index contributed by atoms with van der Waals surface area (Å²) in [7, 11) is 1.90. The molecule has 0 saturated heterocycles. The number of para-hydroxylation sites is 1. The van der Waals surface area contributed by atoms with Crippen molar-refractivity contribution < 1.29 is 4.79 Å². The Morgan fingerprint density at radius 1 is 1.26 bits per heavy atom. The average molecular weight is 366 g/mol. The maximum Gasteiger partial charge on any atom is 0.290 e. The smallest absolute Gasteiger partial charge is 0.290 e. The average Bonchev–Trinajstić information content (AvgIpc) is 3.24. The number of hydrogen-bond acceptors (Lipinski definition) is 4. The molecule has 0 aliphatic rings. The van der Waals surface area contributed by atoms with Crippen molar-refractivity contribution in [3.05, 3.63) is 59.4 Å². The van der Waals surface area contributed by atoms with E-state index in [1.54, 1.807) is 9.36 Å². The van der Waals surface area contributed by atoms with Crippen LogP contribution in [-0.4, -0.2) is 37.0 Å². The first-order valence-electron chi connectivity index (χ1n) is 9.24. The van der Waals surface area contributed by atoms with E-state index in [-0.39, 0.29) is 11.7 Å². The highest BCUT2D eigenvalue weighted by Gasteiger charge is 2.17. The summed E-state index contributed by atoms with van der Waals surface area (Å²) in [5, 5.41) is 11.5. The molecule has 1 aromatic carbocycles. The number of carbonyl (C=O) groups excluding carboxylic acids is 1. The van der Waals surface area contributed by atoms with Crippen LogP contribution in [0.1, 0.15) is 53.8 Å². The van der Waals surface area contributed by atoms with Crippen molar-refractivity contribution in [1.29, 1.82) is 0 Å². The van der Waals surface area contributed by atoms with Crippen LogP contribution in [0.2, 0.25) is 0 Å². The maximum absolute atomic E-state index is 12.4. The Morgan fingerprint density at radius 2 is 2.04 bits per heavy atom. The van der Waals surface area contributed by atoms with Crippen molar-refractivity contribution in [2.24, 2.45) is 7.05 Å². The fraction of sp³-hybridized carbons (Fsp3) is 0.400. The fourth-order valence-corrected chi connectivity index (χ4v) is 3.06. The van der Waals surface area contributed by atoms with Crippen molar-refractivity contribution in [1.82, 2.24) is 29.9 Å². The van der Waals surface area contributed by atoms with E-state index in [4.69, 9.17) is 0 Å². The van der Waals surface area contributed by atoms with Gasteiger partial charge in [-0.05, 0) is 42.9 Å². The number of hydrogen-bond donors (Lipinski definition) is 1. The summed E-state index contributed by atoms with van der Waals surface area (Å²) in [5.41, 5.74) is 3.30. The summed E-state index contributed by atoms with van der Waals surface area (Å²) in [5.74, 6) is 1.01. The second-order valence-electron chi connectivity index (χ2n) is 6.99. The molecule has 1 N–H and O–H groups in total. The summed E-state index contributed by atoms with van der Waals surface area (Å²) in [6.45, 7) is 6.72. The number of carbonyl (C=O) groups is 1. The lowest BCUT2D eigenvalue weighted by atomic mass is 10.0. The molecule has 142 valence electrons. The van der Waals surface area contributed by atoms with E-state index >= 15 is 0 Å². The summed E-state index contributed by atoms with van der Waals surface area (Å²) in [4.78, 5) is 16.8. The first-order valence-corrected chi connectivity index (χ1v) is 9.24. The van der Waals surface area contributed by atoms with Gasteiger partial charge in [0, 0.05) is 19.8 Å². The van der Waals surface area contributed by atoms with Crippen LogP contribution in [0.5, 0.6) is 0 Å². The van der Waals surface area contributed by atoms with Gasteiger partial charge in [0.1, 0.15) is 5.82 Å². The van der Waals surface area contributed by atoms with Gasteiger partial charge in [0.25, 0.3) is 5.91 Å². The number of nitrogens with one attached hydrogen (secondary N) is 1. The molecule has 27 heavy (non-hydrogen) atoms. The van der Waals surface area contributed by atoms with Gasteiger partial charge in [-0.3, -0.25) is 9.48 Å². The first-order chi connectivity index (χ1) is 13.0. The zero-order valence-corrected chi connectivity index (χ0v) is 16.3. The number of aromatic nitrogens is 5. The summed E-state index contributed by atoms with van der Waals surface area (Å²) in [6, 6.07) is 8.08. The lowest BCUT2D eigenvalue weighted by Crippen LogP contribution is -2.26. The minimum absolute atomic E-state index is 0.201. The van der Waals surface area contributed by atoms with Crippen LogP contribution in [0.25, 0.3) is 5.69 Å². The summed E-state index contributed by atoms with van der Waals surface area (Å²) >= 11 is 0. The molecular weight excluding hydrogens is 340 g/mol. The molecule has 0 spiro atoms. The van der Waals surface area contributed by atoms with Crippen molar-refractivity contribution in [3.63, 3.8) is 0 Å².